The molecule has 0 atom stereocenters. The molecule has 2 aromatic rings. The van der Waals surface area contributed by atoms with Crippen LogP contribution in [0.15, 0.2) is 58.5 Å². The summed E-state index contributed by atoms with van der Waals surface area (Å²) in [5.74, 6) is 10.3. The maximum Gasteiger partial charge on any atom is 0.293 e. The van der Waals surface area contributed by atoms with Gasteiger partial charge in [0.05, 0.1) is 4.91 Å². The fourth-order valence-corrected chi connectivity index (χ4v) is 4.12. The number of thioether (sulfide) groups is 1. The highest BCUT2D eigenvalue weighted by atomic mass is 32.2. The van der Waals surface area contributed by atoms with Gasteiger partial charge in [0.25, 0.3) is 11.1 Å². The van der Waals surface area contributed by atoms with Gasteiger partial charge in [0.1, 0.15) is 0 Å². The summed E-state index contributed by atoms with van der Waals surface area (Å²) in [6.07, 6.45) is 3.15. The number of nitrogens with one attached hydrogen (secondary N) is 2. The van der Waals surface area contributed by atoms with E-state index in [0.717, 1.165) is 23.7 Å². The molecule has 3 amide bonds. The van der Waals surface area contributed by atoms with Gasteiger partial charge >= 0.3 is 0 Å². The smallest absolute Gasteiger partial charge is 0.293 e. The van der Waals surface area contributed by atoms with E-state index in [-0.39, 0.29) is 35.9 Å². The maximum absolute atomic E-state index is 12.6. The molecule has 0 unspecified atom stereocenters. The normalized spacial score (nSPS) is 15.3. The molecule has 1 saturated heterocycles. The second-order valence-corrected chi connectivity index (χ2v) is 8.28. The number of hydrogen-bond donors (Lipinski definition) is 4. The highest BCUT2D eigenvalue weighted by Gasteiger charge is 2.34. The molecule has 0 spiro atoms. The Morgan fingerprint density at radius 1 is 1.18 bits per heavy atom. The summed E-state index contributed by atoms with van der Waals surface area (Å²) in [7, 11) is 0. The van der Waals surface area contributed by atoms with E-state index in [0.29, 0.717) is 22.6 Å². The lowest BCUT2D eigenvalue weighted by atomic mass is 10.1. The largest absolute Gasteiger partial charge is 0.326 e. The monoisotopic (exact) mass is 466 g/mol. The summed E-state index contributed by atoms with van der Waals surface area (Å²) < 4.78 is 0. The number of nitrogens with zero attached hydrogens (tertiary/aromatic N) is 2. The molecule has 2 aromatic carbocycles. The number of aryl methyl sites for hydroxylation is 1. The summed E-state index contributed by atoms with van der Waals surface area (Å²) in [6.45, 7) is 2.24. The Kier molecular flexibility index (Phi) is 8.22. The number of rotatable bonds is 8. The molecule has 172 valence electrons. The second kappa shape index (κ2) is 11.3. The van der Waals surface area contributed by atoms with Crippen LogP contribution < -0.4 is 22.4 Å². The number of hydrazone groups is 1. The molecule has 1 heterocycles. The van der Waals surface area contributed by atoms with Gasteiger partial charge in [0, 0.05) is 24.2 Å². The van der Waals surface area contributed by atoms with Crippen molar-refractivity contribution in [2.45, 2.75) is 26.2 Å². The maximum atomic E-state index is 12.6. The lowest BCUT2D eigenvalue weighted by Gasteiger charge is -2.12. The Labute approximate surface area is 196 Å². The molecule has 33 heavy (non-hydrogen) atoms. The Bertz CT molecular complexity index is 1100. The zero-order chi connectivity index (χ0) is 23.8. The fourth-order valence-electron chi connectivity index (χ4n) is 3.25. The number of hydrogen-bond acceptors (Lipinski definition) is 7. The molecule has 6 N–H and O–H groups in total. The number of anilines is 1. The van der Waals surface area contributed by atoms with Crippen molar-refractivity contribution in [1.82, 2.24) is 10.3 Å². The minimum absolute atomic E-state index is 0.149. The van der Waals surface area contributed by atoms with Crippen molar-refractivity contribution in [3.05, 3.63) is 70.1 Å². The lowest BCUT2D eigenvalue weighted by molar-refractivity contribution is -0.123. The van der Waals surface area contributed by atoms with E-state index in [4.69, 9.17) is 11.7 Å². The van der Waals surface area contributed by atoms with Crippen molar-refractivity contribution in [2.24, 2.45) is 16.8 Å². The van der Waals surface area contributed by atoms with Crippen LogP contribution in [0, 0.1) is 0 Å². The zero-order valence-electron chi connectivity index (χ0n) is 18.2. The molecule has 0 aromatic heterocycles. The molecule has 0 radical (unpaired) electrons. The van der Waals surface area contributed by atoms with Crippen LogP contribution in [0.3, 0.4) is 0 Å². The summed E-state index contributed by atoms with van der Waals surface area (Å²) in [5.41, 5.74) is 5.62. The van der Waals surface area contributed by atoms with Crippen molar-refractivity contribution < 1.29 is 14.4 Å². The highest BCUT2D eigenvalue weighted by molar-refractivity contribution is 8.18. The predicted molar refractivity (Wildman–Crippen MR) is 131 cm³/mol. The fraction of sp³-hybridized carbons (Fsp3) is 0.217. The number of amides is 3. The van der Waals surface area contributed by atoms with Crippen molar-refractivity contribution in [1.29, 1.82) is 0 Å². The molecule has 0 aliphatic carbocycles. The van der Waals surface area contributed by atoms with Crippen LogP contribution in [0.5, 0.6) is 0 Å². The first-order valence-electron chi connectivity index (χ1n) is 10.4. The number of benzene rings is 2. The highest BCUT2D eigenvalue weighted by Crippen LogP contribution is 2.32. The molecule has 0 saturated carbocycles. The Balaban J connectivity index is 1.53. The van der Waals surface area contributed by atoms with Gasteiger partial charge in [-0.25, -0.2) is 5.84 Å². The first-order valence-corrected chi connectivity index (χ1v) is 11.3. The van der Waals surface area contributed by atoms with Gasteiger partial charge in [0.2, 0.25) is 5.91 Å². The van der Waals surface area contributed by atoms with Crippen LogP contribution in [0.4, 0.5) is 10.5 Å². The van der Waals surface area contributed by atoms with E-state index in [1.54, 1.807) is 30.3 Å². The minimum atomic E-state index is -0.333. The molecule has 1 fully saturated rings. The number of carbonyl (C=O) groups is 3. The third-order valence-corrected chi connectivity index (χ3v) is 5.94. The Hall–Kier alpha value is -3.63. The predicted octanol–water partition coefficient (Wildman–Crippen LogP) is 2.79. The van der Waals surface area contributed by atoms with Gasteiger partial charge in [-0.05, 0) is 53.9 Å². The zero-order valence-corrected chi connectivity index (χ0v) is 19.0. The summed E-state index contributed by atoms with van der Waals surface area (Å²) in [6, 6.07) is 14.7. The average Bonchev–Trinajstić information content (AvgIpc) is 3.08. The number of amidine groups is 1. The molecule has 0 bridgehead atoms. The topological polar surface area (TPSA) is 143 Å². The van der Waals surface area contributed by atoms with Crippen molar-refractivity contribution in [3.8, 4) is 0 Å². The van der Waals surface area contributed by atoms with E-state index in [2.05, 4.69) is 22.8 Å². The van der Waals surface area contributed by atoms with Gasteiger partial charge in [-0.15, -0.1) is 0 Å². The SMILES string of the molecule is CCc1ccc(/C=C2\SC(=O)N(CCCC(=O)Nc3cccc(/C(=N/N)NN)c3)C2=O)cc1. The molecular weight excluding hydrogens is 440 g/mol. The van der Waals surface area contributed by atoms with Crippen LogP contribution in [0.25, 0.3) is 6.08 Å². The molecule has 10 heteroatoms. The van der Waals surface area contributed by atoms with E-state index in [9.17, 15) is 14.4 Å². The van der Waals surface area contributed by atoms with Gasteiger partial charge in [-0.3, -0.25) is 19.3 Å². The standard InChI is InChI=1S/C23H26N6O3S/c1-2-15-8-10-16(11-9-15)13-19-22(31)29(23(32)33-19)12-4-7-20(30)26-18-6-3-5-17(14-18)21(27-24)28-25/h3,5-6,8-11,13-14H,2,4,7,12,24-25H2,1H3,(H,26,30)(H,27,28)/b19-13-. The van der Waals surface area contributed by atoms with E-state index >= 15 is 0 Å². The summed E-state index contributed by atoms with van der Waals surface area (Å²) >= 11 is 0.917. The Morgan fingerprint density at radius 2 is 1.94 bits per heavy atom. The first-order chi connectivity index (χ1) is 15.9. The van der Waals surface area contributed by atoms with Gasteiger partial charge < -0.3 is 16.6 Å². The van der Waals surface area contributed by atoms with E-state index in [1.165, 1.54) is 10.5 Å². The van der Waals surface area contributed by atoms with Crippen LogP contribution in [0.1, 0.15) is 36.5 Å². The van der Waals surface area contributed by atoms with Crippen molar-refractivity contribution >= 4 is 46.4 Å². The number of nitrogens with two attached hydrogens (primary N) is 2. The van der Waals surface area contributed by atoms with Crippen LogP contribution in [-0.2, 0) is 16.0 Å². The summed E-state index contributed by atoms with van der Waals surface area (Å²) in [4.78, 5) is 38.8. The van der Waals surface area contributed by atoms with Crippen LogP contribution in [0.2, 0.25) is 0 Å². The number of imide groups is 1. The number of hydrazine groups is 1. The van der Waals surface area contributed by atoms with E-state index < -0.39 is 0 Å². The minimum Gasteiger partial charge on any atom is -0.326 e. The van der Waals surface area contributed by atoms with Crippen molar-refractivity contribution in [2.75, 3.05) is 11.9 Å². The van der Waals surface area contributed by atoms with E-state index in [1.807, 2.05) is 24.3 Å². The molecule has 9 nitrogen and oxygen atoms in total. The Morgan fingerprint density at radius 3 is 2.61 bits per heavy atom. The van der Waals surface area contributed by atoms with Crippen LogP contribution >= 0.6 is 11.8 Å². The van der Waals surface area contributed by atoms with Crippen LogP contribution in [-0.4, -0.2) is 34.3 Å². The first kappa shape index (κ1) is 24.0. The lowest BCUT2D eigenvalue weighted by Crippen LogP contribution is -2.32. The van der Waals surface area contributed by atoms with Gasteiger partial charge in [-0.1, -0.05) is 43.3 Å². The molecular formula is C23H26N6O3S. The molecule has 1 aliphatic heterocycles. The number of carbonyl (C=O) groups excluding carboxylic acids is 3. The molecule has 3 rings (SSSR count). The third-order valence-electron chi connectivity index (χ3n) is 5.03. The molecule has 1 aliphatic rings. The summed E-state index contributed by atoms with van der Waals surface area (Å²) in [5, 5.41) is 5.99. The van der Waals surface area contributed by atoms with Gasteiger partial charge in [-0.2, -0.15) is 5.10 Å². The van der Waals surface area contributed by atoms with Gasteiger partial charge in [0.15, 0.2) is 5.84 Å². The average molecular weight is 467 g/mol. The van der Waals surface area contributed by atoms with Crippen molar-refractivity contribution in [3.63, 3.8) is 0 Å². The third kappa shape index (κ3) is 6.21. The quantitative estimate of drug-likeness (QED) is 0.154. The second-order valence-electron chi connectivity index (χ2n) is 7.28.